The van der Waals surface area contributed by atoms with Gasteiger partial charge in [0.2, 0.25) is 0 Å². The molecule has 2 rings (SSSR count). The molecule has 0 spiro atoms. The first-order valence-electron chi connectivity index (χ1n) is 8.68. The number of halogens is 1. The fourth-order valence-corrected chi connectivity index (χ4v) is 4.22. The van der Waals surface area contributed by atoms with E-state index in [-0.39, 0.29) is 29.7 Å². The van der Waals surface area contributed by atoms with Crippen molar-refractivity contribution >= 4 is 45.5 Å². The minimum atomic E-state index is -3.05. The summed E-state index contributed by atoms with van der Waals surface area (Å²) in [6.45, 7) is 7.85. The average Bonchev–Trinajstić information content (AvgIpc) is 2.54. The maximum absolute atomic E-state index is 12.2. The Morgan fingerprint density at radius 2 is 2.04 bits per heavy atom. The van der Waals surface area contributed by atoms with Crippen molar-refractivity contribution in [2.24, 2.45) is 4.99 Å². The van der Waals surface area contributed by atoms with Crippen molar-refractivity contribution in [3.63, 3.8) is 0 Å². The Morgan fingerprint density at radius 3 is 2.62 bits per heavy atom. The maximum atomic E-state index is 12.2. The molecule has 0 saturated carbocycles. The molecule has 1 aromatic rings. The number of hydrogen-bond acceptors (Lipinski definition) is 4. The van der Waals surface area contributed by atoms with Crippen LogP contribution < -0.4 is 10.2 Å². The van der Waals surface area contributed by atoms with E-state index in [1.807, 2.05) is 27.1 Å². The summed E-state index contributed by atoms with van der Waals surface area (Å²) in [5, 5.41) is 3.30. The van der Waals surface area contributed by atoms with Crippen molar-refractivity contribution in [2.45, 2.75) is 32.1 Å². The van der Waals surface area contributed by atoms with E-state index in [0.29, 0.717) is 19.6 Å². The highest BCUT2D eigenvalue weighted by Crippen LogP contribution is 2.24. The molecular formula is C18H31IN4O2S. The van der Waals surface area contributed by atoms with E-state index in [1.54, 1.807) is 13.8 Å². The van der Waals surface area contributed by atoms with Gasteiger partial charge in [0.05, 0.1) is 17.0 Å². The third kappa shape index (κ3) is 5.48. The van der Waals surface area contributed by atoms with Crippen molar-refractivity contribution < 1.29 is 8.42 Å². The van der Waals surface area contributed by atoms with Crippen LogP contribution in [0.2, 0.25) is 0 Å². The van der Waals surface area contributed by atoms with Crippen LogP contribution >= 0.6 is 24.0 Å². The van der Waals surface area contributed by atoms with Gasteiger partial charge >= 0.3 is 0 Å². The molecule has 1 N–H and O–H groups in total. The van der Waals surface area contributed by atoms with Gasteiger partial charge in [-0.1, -0.05) is 12.1 Å². The zero-order valence-corrected chi connectivity index (χ0v) is 19.5. The Bertz CT molecular complexity index is 732. The molecule has 1 heterocycles. The number of anilines is 1. The Morgan fingerprint density at radius 1 is 1.35 bits per heavy atom. The van der Waals surface area contributed by atoms with Crippen molar-refractivity contribution in [2.75, 3.05) is 44.4 Å². The van der Waals surface area contributed by atoms with Crippen LogP contribution in [0.5, 0.6) is 0 Å². The van der Waals surface area contributed by atoms with Crippen LogP contribution in [0.25, 0.3) is 0 Å². The molecule has 1 aliphatic heterocycles. The molecule has 1 aliphatic rings. The molecule has 8 heteroatoms. The number of guanidine groups is 1. The molecule has 1 saturated heterocycles. The highest BCUT2D eigenvalue weighted by molar-refractivity contribution is 14.0. The monoisotopic (exact) mass is 494 g/mol. The van der Waals surface area contributed by atoms with Gasteiger partial charge in [-0.2, -0.15) is 0 Å². The number of sulfone groups is 1. The van der Waals surface area contributed by atoms with E-state index in [0.717, 1.165) is 23.8 Å². The molecule has 0 atom stereocenters. The van der Waals surface area contributed by atoms with Gasteiger partial charge in [-0.25, -0.2) is 13.4 Å². The number of nitrogens with one attached hydrogen (secondary N) is 1. The highest BCUT2D eigenvalue weighted by atomic mass is 127. The highest BCUT2D eigenvalue weighted by Gasteiger charge is 2.40. The predicted molar refractivity (Wildman–Crippen MR) is 120 cm³/mol. The minimum Gasteiger partial charge on any atom is -0.378 e. The van der Waals surface area contributed by atoms with Gasteiger partial charge in [-0.3, -0.25) is 0 Å². The summed E-state index contributed by atoms with van der Waals surface area (Å²) < 4.78 is 23.7. The van der Waals surface area contributed by atoms with Crippen molar-refractivity contribution in [1.29, 1.82) is 0 Å². The molecule has 0 unspecified atom stereocenters. The fraction of sp³-hybridized carbons (Fsp3) is 0.611. The second-order valence-electron chi connectivity index (χ2n) is 7.23. The molecule has 0 radical (unpaired) electrons. The molecule has 0 bridgehead atoms. The first-order valence-corrected chi connectivity index (χ1v) is 10.3. The fourth-order valence-electron chi connectivity index (χ4n) is 2.85. The van der Waals surface area contributed by atoms with Gasteiger partial charge in [-0.15, -0.1) is 24.0 Å². The first kappa shape index (κ1) is 23.0. The molecule has 0 amide bonds. The van der Waals surface area contributed by atoms with E-state index >= 15 is 0 Å². The SMILES string of the molecule is CCNC(=NCc1cccc(N(C)C)c1)N1CCS(=O)(=O)C(C)(C)C1.I. The lowest BCUT2D eigenvalue weighted by Crippen LogP contribution is -2.57. The average molecular weight is 494 g/mol. The lowest BCUT2D eigenvalue weighted by atomic mass is 10.2. The number of benzene rings is 1. The molecule has 26 heavy (non-hydrogen) atoms. The molecule has 1 fully saturated rings. The Labute approximate surface area is 175 Å². The standard InChI is InChI=1S/C18H30N4O2S.HI/c1-6-19-17(22-10-11-25(23,24)18(2,3)14-22)20-13-15-8-7-9-16(12-15)21(4)5;/h7-9,12H,6,10-11,13-14H2,1-5H3,(H,19,20);1H. The third-order valence-electron chi connectivity index (χ3n) is 4.52. The normalized spacial score (nSPS) is 18.8. The Kier molecular flexibility index (Phi) is 8.19. The summed E-state index contributed by atoms with van der Waals surface area (Å²) in [6.07, 6.45) is 0. The lowest BCUT2D eigenvalue weighted by molar-refractivity contribution is 0.353. The first-order chi connectivity index (χ1) is 11.7. The topological polar surface area (TPSA) is 65.0 Å². The second-order valence-corrected chi connectivity index (χ2v) is 9.98. The zero-order valence-electron chi connectivity index (χ0n) is 16.3. The summed E-state index contributed by atoms with van der Waals surface area (Å²) in [5.41, 5.74) is 2.27. The van der Waals surface area contributed by atoms with Crippen LogP contribution in [0.3, 0.4) is 0 Å². The number of aliphatic imine (C=N–C) groups is 1. The molecular weight excluding hydrogens is 463 g/mol. The zero-order chi connectivity index (χ0) is 18.7. The molecule has 6 nitrogen and oxygen atoms in total. The molecule has 0 aliphatic carbocycles. The van der Waals surface area contributed by atoms with Gasteiger partial charge in [0.15, 0.2) is 15.8 Å². The van der Waals surface area contributed by atoms with E-state index in [1.165, 1.54) is 0 Å². The predicted octanol–water partition coefficient (Wildman–Crippen LogP) is 2.35. The van der Waals surface area contributed by atoms with Crippen LogP contribution in [-0.2, 0) is 16.4 Å². The van der Waals surface area contributed by atoms with E-state index in [2.05, 4.69) is 33.3 Å². The molecule has 0 aromatic heterocycles. The van der Waals surface area contributed by atoms with Crippen LogP contribution in [0.15, 0.2) is 29.3 Å². The van der Waals surface area contributed by atoms with Crippen LogP contribution in [-0.4, -0.2) is 63.5 Å². The molecule has 148 valence electrons. The Balaban J connectivity index is 0.00000338. The van der Waals surface area contributed by atoms with Crippen molar-refractivity contribution in [3.8, 4) is 0 Å². The third-order valence-corrected chi connectivity index (χ3v) is 7.05. The van der Waals surface area contributed by atoms with Gasteiger partial charge in [0.1, 0.15) is 0 Å². The van der Waals surface area contributed by atoms with Gasteiger partial charge < -0.3 is 15.1 Å². The summed E-state index contributed by atoms with van der Waals surface area (Å²) in [4.78, 5) is 8.86. The van der Waals surface area contributed by atoms with Gasteiger partial charge in [-0.05, 0) is 38.5 Å². The van der Waals surface area contributed by atoms with E-state index < -0.39 is 14.6 Å². The molecule has 1 aromatic carbocycles. The second kappa shape index (κ2) is 9.25. The minimum absolute atomic E-state index is 0. The lowest BCUT2D eigenvalue weighted by Gasteiger charge is -2.39. The van der Waals surface area contributed by atoms with Gasteiger partial charge in [0.25, 0.3) is 0 Å². The van der Waals surface area contributed by atoms with Crippen LogP contribution in [0.4, 0.5) is 5.69 Å². The van der Waals surface area contributed by atoms with Crippen molar-refractivity contribution in [3.05, 3.63) is 29.8 Å². The summed E-state index contributed by atoms with van der Waals surface area (Å²) in [6, 6.07) is 8.28. The van der Waals surface area contributed by atoms with Crippen LogP contribution in [0.1, 0.15) is 26.3 Å². The smallest absolute Gasteiger partial charge is 0.194 e. The largest absolute Gasteiger partial charge is 0.378 e. The van der Waals surface area contributed by atoms with Crippen molar-refractivity contribution in [1.82, 2.24) is 10.2 Å². The summed E-state index contributed by atoms with van der Waals surface area (Å²) >= 11 is 0. The maximum Gasteiger partial charge on any atom is 0.194 e. The van der Waals surface area contributed by atoms with E-state index in [9.17, 15) is 8.42 Å². The number of nitrogens with zero attached hydrogens (tertiary/aromatic N) is 3. The summed E-state index contributed by atoms with van der Waals surface area (Å²) in [5.74, 6) is 0.946. The van der Waals surface area contributed by atoms with Gasteiger partial charge in [0, 0.05) is 39.4 Å². The summed E-state index contributed by atoms with van der Waals surface area (Å²) in [7, 11) is 0.979. The quantitative estimate of drug-likeness (QED) is 0.396. The van der Waals surface area contributed by atoms with E-state index in [4.69, 9.17) is 4.99 Å². The Hall–Kier alpha value is -1.03. The van der Waals surface area contributed by atoms with Crippen LogP contribution in [0, 0.1) is 0 Å². The number of hydrogen-bond donors (Lipinski definition) is 1. The number of rotatable bonds is 4.